The number of halogens is 2. The molecule has 1 unspecified atom stereocenters. The Morgan fingerprint density at radius 2 is 2.07 bits per heavy atom. The summed E-state index contributed by atoms with van der Waals surface area (Å²) in [6.45, 7) is 2.60. The van der Waals surface area contributed by atoms with Gasteiger partial charge in [0.1, 0.15) is 5.75 Å². The maximum Gasteiger partial charge on any atom is 0.290 e. The van der Waals surface area contributed by atoms with E-state index in [1.807, 2.05) is 25.1 Å². The van der Waals surface area contributed by atoms with Crippen molar-refractivity contribution in [2.45, 2.75) is 25.8 Å². The zero-order valence-corrected chi connectivity index (χ0v) is 16.7. The van der Waals surface area contributed by atoms with E-state index in [1.54, 1.807) is 24.3 Å². The molecular formula is C21H18Cl2N2O3. The lowest BCUT2D eigenvalue weighted by molar-refractivity contribution is 0.0905. The number of amides is 1. The van der Waals surface area contributed by atoms with Gasteiger partial charge in [-0.15, -0.1) is 0 Å². The van der Waals surface area contributed by atoms with Crippen LogP contribution in [0.1, 0.15) is 45.9 Å². The highest BCUT2D eigenvalue weighted by Gasteiger charge is 2.24. The van der Waals surface area contributed by atoms with E-state index >= 15 is 0 Å². The Labute approximate surface area is 172 Å². The molecule has 0 aliphatic carbocycles. The minimum absolute atomic E-state index is 0.157. The SMILES string of the molecule is CCc1cc(C(=O)NC(c2ccc3c(c2)CCO3)c2cc(Cl)ccc2Cl)on1. The highest BCUT2D eigenvalue weighted by molar-refractivity contribution is 6.33. The maximum atomic E-state index is 12.8. The molecule has 1 aliphatic heterocycles. The zero-order valence-electron chi connectivity index (χ0n) is 15.2. The first kappa shape index (κ1) is 18.8. The van der Waals surface area contributed by atoms with Crippen molar-refractivity contribution in [3.8, 4) is 5.75 Å². The van der Waals surface area contributed by atoms with Gasteiger partial charge in [0.15, 0.2) is 0 Å². The quantitative estimate of drug-likeness (QED) is 0.635. The highest BCUT2D eigenvalue weighted by atomic mass is 35.5. The van der Waals surface area contributed by atoms with Crippen molar-refractivity contribution in [1.82, 2.24) is 10.5 Å². The molecule has 0 fully saturated rings. The molecule has 0 saturated heterocycles. The number of carbonyl (C=O) groups is 1. The van der Waals surface area contributed by atoms with Gasteiger partial charge in [0.2, 0.25) is 5.76 Å². The minimum Gasteiger partial charge on any atom is -0.493 e. The Morgan fingerprint density at radius 3 is 2.86 bits per heavy atom. The van der Waals surface area contributed by atoms with Crippen molar-refractivity contribution in [2.24, 2.45) is 0 Å². The molecule has 0 radical (unpaired) electrons. The van der Waals surface area contributed by atoms with E-state index < -0.39 is 6.04 Å². The Bertz CT molecular complexity index is 1030. The van der Waals surface area contributed by atoms with Crippen LogP contribution in [0.3, 0.4) is 0 Å². The maximum absolute atomic E-state index is 12.8. The molecule has 0 bridgehead atoms. The van der Waals surface area contributed by atoms with Crippen LogP contribution >= 0.6 is 23.2 Å². The van der Waals surface area contributed by atoms with Crippen LogP contribution in [-0.2, 0) is 12.8 Å². The number of benzene rings is 2. The molecule has 144 valence electrons. The summed E-state index contributed by atoms with van der Waals surface area (Å²) in [5, 5.41) is 7.94. The molecule has 1 aromatic heterocycles. The number of hydrogen-bond donors (Lipinski definition) is 1. The average molecular weight is 417 g/mol. The van der Waals surface area contributed by atoms with E-state index in [0.29, 0.717) is 28.6 Å². The number of nitrogens with zero attached hydrogens (tertiary/aromatic N) is 1. The first-order chi connectivity index (χ1) is 13.5. The smallest absolute Gasteiger partial charge is 0.290 e. The number of aryl methyl sites for hydroxylation is 1. The van der Waals surface area contributed by atoms with E-state index in [1.165, 1.54) is 0 Å². The first-order valence-electron chi connectivity index (χ1n) is 9.02. The van der Waals surface area contributed by atoms with E-state index in [0.717, 1.165) is 29.0 Å². The predicted molar refractivity (Wildman–Crippen MR) is 107 cm³/mol. The van der Waals surface area contributed by atoms with Gasteiger partial charge in [0.05, 0.1) is 18.3 Å². The van der Waals surface area contributed by atoms with Crippen molar-refractivity contribution in [3.63, 3.8) is 0 Å². The number of ether oxygens (including phenoxy) is 1. The molecule has 2 aromatic carbocycles. The van der Waals surface area contributed by atoms with E-state index in [2.05, 4.69) is 10.5 Å². The highest BCUT2D eigenvalue weighted by Crippen LogP contribution is 2.34. The van der Waals surface area contributed by atoms with Crippen LogP contribution in [0, 0.1) is 0 Å². The van der Waals surface area contributed by atoms with Gasteiger partial charge in [-0.1, -0.05) is 41.3 Å². The van der Waals surface area contributed by atoms with Gasteiger partial charge in [-0.2, -0.15) is 0 Å². The van der Waals surface area contributed by atoms with E-state index in [9.17, 15) is 4.79 Å². The average Bonchev–Trinajstić information content (AvgIpc) is 3.36. The lowest BCUT2D eigenvalue weighted by atomic mass is 9.96. The molecule has 1 amide bonds. The molecule has 3 aromatic rings. The van der Waals surface area contributed by atoms with Crippen molar-refractivity contribution in [2.75, 3.05) is 6.61 Å². The second-order valence-electron chi connectivity index (χ2n) is 6.57. The third kappa shape index (κ3) is 3.73. The summed E-state index contributed by atoms with van der Waals surface area (Å²) in [4.78, 5) is 12.8. The fourth-order valence-electron chi connectivity index (χ4n) is 3.25. The van der Waals surface area contributed by atoms with Crippen LogP contribution in [0.2, 0.25) is 10.0 Å². The van der Waals surface area contributed by atoms with Gasteiger partial charge >= 0.3 is 0 Å². The Morgan fingerprint density at radius 1 is 1.21 bits per heavy atom. The zero-order chi connectivity index (χ0) is 19.7. The number of rotatable bonds is 5. The fraction of sp³-hybridized carbons (Fsp3) is 0.238. The van der Waals surface area contributed by atoms with Crippen molar-refractivity contribution >= 4 is 29.1 Å². The molecule has 5 nitrogen and oxygen atoms in total. The second-order valence-corrected chi connectivity index (χ2v) is 7.42. The predicted octanol–water partition coefficient (Wildman–Crippen LogP) is 5.00. The van der Waals surface area contributed by atoms with Crippen molar-refractivity contribution in [1.29, 1.82) is 0 Å². The number of aromatic nitrogens is 1. The summed E-state index contributed by atoms with van der Waals surface area (Å²) >= 11 is 12.6. The number of carbonyl (C=O) groups excluding carboxylic acids is 1. The fourth-order valence-corrected chi connectivity index (χ4v) is 3.66. The molecule has 4 rings (SSSR count). The largest absolute Gasteiger partial charge is 0.493 e. The van der Waals surface area contributed by atoms with Crippen LogP contribution in [0.4, 0.5) is 0 Å². The molecule has 1 atom stereocenters. The molecule has 2 heterocycles. The van der Waals surface area contributed by atoms with Crippen LogP contribution < -0.4 is 10.1 Å². The summed E-state index contributed by atoms with van der Waals surface area (Å²) in [6, 6.07) is 12.2. The van der Waals surface area contributed by atoms with Gasteiger partial charge in [-0.25, -0.2) is 0 Å². The van der Waals surface area contributed by atoms with Crippen LogP contribution in [-0.4, -0.2) is 17.7 Å². The van der Waals surface area contributed by atoms with Crippen molar-refractivity contribution < 1.29 is 14.1 Å². The van der Waals surface area contributed by atoms with Crippen LogP contribution in [0.15, 0.2) is 47.0 Å². The summed E-state index contributed by atoms with van der Waals surface area (Å²) < 4.78 is 10.8. The molecule has 7 heteroatoms. The number of fused-ring (bicyclic) bond motifs is 1. The summed E-state index contributed by atoms with van der Waals surface area (Å²) in [6.07, 6.45) is 1.51. The standard InChI is InChI=1S/C21H18Cl2N2O3/c1-2-15-11-19(28-25-15)21(26)24-20(16-10-14(22)4-5-17(16)23)13-3-6-18-12(9-13)7-8-27-18/h3-6,9-11,20H,2,7-8H2,1H3,(H,24,26). The van der Waals surface area contributed by atoms with Gasteiger partial charge in [0.25, 0.3) is 5.91 Å². The first-order valence-corrected chi connectivity index (χ1v) is 9.77. The topological polar surface area (TPSA) is 64.4 Å². The minimum atomic E-state index is -0.500. The van der Waals surface area contributed by atoms with Gasteiger partial charge in [-0.3, -0.25) is 4.79 Å². The van der Waals surface area contributed by atoms with Gasteiger partial charge < -0.3 is 14.6 Å². The third-order valence-corrected chi connectivity index (χ3v) is 5.32. The molecule has 28 heavy (non-hydrogen) atoms. The summed E-state index contributed by atoms with van der Waals surface area (Å²) in [5.41, 5.74) is 3.41. The molecule has 0 saturated carbocycles. The molecule has 1 N–H and O–H groups in total. The summed E-state index contributed by atoms with van der Waals surface area (Å²) in [5.74, 6) is 0.656. The lowest BCUT2D eigenvalue weighted by Crippen LogP contribution is -2.29. The van der Waals surface area contributed by atoms with Crippen LogP contribution in [0.5, 0.6) is 5.75 Å². The molecule has 1 aliphatic rings. The number of hydrogen-bond acceptors (Lipinski definition) is 4. The molecular weight excluding hydrogens is 399 g/mol. The Hall–Kier alpha value is -2.50. The monoisotopic (exact) mass is 416 g/mol. The van der Waals surface area contributed by atoms with Gasteiger partial charge in [0, 0.05) is 22.5 Å². The normalized spacial score (nSPS) is 13.7. The summed E-state index contributed by atoms with van der Waals surface area (Å²) in [7, 11) is 0. The number of nitrogens with one attached hydrogen (secondary N) is 1. The third-order valence-electron chi connectivity index (χ3n) is 4.74. The Kier molecular flexibility index (Phi) is 5.29. The van der Waals surface area contributed by atoms with Gasteiger partial charge in [-0.05, 0) is 53.4 Å². The second kappa shape index (κ2) is 7.86. The molecule has 0 spiro atoms. The van der Waals surface area contributed by atoms with Crippen molar-refractivity contribution in [3.05, 3.63) is 80.7 Å². The van der Waals surface area contributed by atoms with Crippen LogP contribution in [0.25, 0.3) is 0 Å². The Balaban J connectivity index is 1.73. The van der Waals surface area contributed by atoms with E-state index in [-0.39, 0.29) is 11.7 Å². The lowest BCUT2D eigenvalue weighted by Gasteiger charge is -2.21. The van der Waals surface area contributed by atoms with E-state index in [4.69, 9.17) is 32.5 Å².